The minimum absolute atomic E-state index is 0.141. The number of esters is 2. The van der Waals surface area contributed by atoms with Gasteiger partial charge in [0.1, 0.15) is 23.0 Å². The number of carbonyl (C=O) groups is 3. The summed E-state index contributed by atoms with van der Waals surface area (Å²) in [5.74, 6) is -0.155. The van der Waals surface area contributed by atoms with Gasteiger partial charge in [0.25, 0.3) is 5.91 Å². The van der Waals surface area contributed by atoms with Gasteiger partial charge in [-0.3, -0.25) is 14.4 Å². The van der Waals surface area contributed by atoms with Crippen molar-refractivity contribution in [1.82, 2.24) is 4.90 Å². The first-order valence-corrected chi connectivity index (χ1v) is 12.4. The summed E-state index contributed by atoms with van der Waals surface area (Å²) in [5.41, 5.74) is 2.69. The number of amides is 1. The van der Waals surface area contributed by atoms with Crippen molar-refractivity contribution in [2.75, 3.05) is 42.5 Å². The summed E-state index contributed by atoms with van der Waals surface area (Å²) in [5, 5.41) is 0. The van der Waals surface area contributed by atoms with Gasteiger partial charge in [-0.25, -0.2) is 0 Å². The molecule has 0 bridgehead atoms. The Kier molecular flexibility index (Phi) is 10.3. The van der Waals surface area contributed by atoms with Crippen LogP contribution in [-0.4, -0.2) is 65.3 Å². The number of methoxy groups -OCH3 is 4. The second-order valence-electron chi connectivity index (χ2n) is 8.98. The van der Waals surface area contributed by atoms with Gasteiger partial charge in [0, 0.05) is 25.7 Å². The molecule has 0 heterocycles. The Balaban J connectivity index is 1.81. The molecule has 0 saturated carbocycles. The van der Waals surface area contributed by atoms with Crippen LogP contribution in [0.4, 0.5) is 0 Å². The van der Waals surface area contributed by atoms with Crippen LogP contribution in [0.25, 0.3) is 11.6 Å². The zero-order chi connectivity index (χ0) is 29.2. The van der Waals surface area contributed by atoms with Gasteiger partial charge in [-0.2, -0.15) is 0 Å². The van der Waals surface area contributed by atoms with Crippen molar-refractivity contribution in [3.05, 3.63) is 83.4 Å². The molecule has 0 saturated heterocycles. The van der Waals surface area contributed by atoms with E-state index in [2.05, 4.69) is 0 Å². The summed E-state index contributed by atoms with van der Waals surface area (Å²) in [6.45, 7) is 0. The third kappa shape index (κ3) is 7.63. The van der Waals surface area contributed by atoms with E-state index in [9.17, 15) is 14.4 Å². The molecule has 0 aliphatic carbocycles. The van der Waals surface area contributed by atoms with Crippen LogP contribution in [0.3, 0.4) is 0 Å². The lowest BCUT2D eigenvalue weighted by atomic mass is 9.99. The molecule has 3 rings (SSSR count). The number of carbonyl (C=O) groups excluding carboxylic acids is 3. The molecule has 1 amide bonds. The third-order valence-electron chi connectivity index (χ3n) is 6.06. The van der Waals surface area contributed by atoms with Crippen LogP contribution in [0.15, 0.2) is 66.7 Å². The highest BCUT2D eigenvalue weighted by Crippen LogP contribution is 2.29. The first kappa shape index (κ1) is 29.8. The Morgan fingerprint density at radius 1 is 0.725 bits per heavy atom. The second-order valence-corrected chi connectivity index (χ2v) is 8.98. The molecule has 3 aromatic rings. The van der Waals surface area contributed by atoms with E-state index in [0.29, 0.717) is 34.1 Å². The lowest BCUT2D eigenvalue weighted by molar-refractivity contribution is -0.158. The number of hydrogen-bond donors (Lipinski definition) is 0. The van der Waals surface area contributed by atoms with Crippen molar-refractivity contribution < 1.29 is 38.1 Å². The summed E-state index contributed by atoms with van der Waals surface area (Å²) < 4.78 is 26.1. The van der Waals surface area contributed by atoms with Crippen molar-refractivity contribution in [2.24, 2.45) is 5.92 Å². The fraction of sp³-hybridized carbons (Fsp3) is 0.258. The predicted octanol–water partition coefficient (Wildman–Crippen LogP) is 4.63. The van der Waals surface area contributed by atoms with Crippen molar-refractivity contribution in [3.63, 3.8) is 0 Å². The van der Waals surface area contributed by atoms with Crippen molar-refractivity contribution >= 4 is 29.5 Å². The molecule has 0 N–H and O–H groups in total. The van der Waals surface area contributed by atoms with E-state index in [1.165, 1.54) is 19.1 Å². The van der Waals surface area contributed by atoms with Crippen LogP contribution >= 0.6 is 0 Å². The quantitative estimate of drug-likeness (QED) is 0.148. The van der Waals surface area contributed by atoms with Crippen molar-refractivity contribution in [3.8, 4) is 23.0 Å². The van der Waals surface area contributed by atoms with Gasteiger partial charge < -0.3 is 28.6 Å². The molecule has 0 aromatic heterocycles. The summed E-state index contributed by atoms with van der Waals surface area (Å²) >= 11 is 0. The van der Waals surface area contributed by atoms with Gasteiger partial charge in [-0.15, -0.1) is 0 Å². The van der Waals surface area contributed by atoms with Crippen molar-refractivity contribution in [1.29, 1.82) is 0 Å². The molecule has 9 heteroatoms. The van der Waals surface area contributed by atoms with Gasteiger partial charge in [0.2, 0.25) is 0 Å². The normalized spacial score (nSPS) is 11.0. The second kappa shape index (κ2) is 13.8. The van der Waals surface area contributed by atoms with Crippen LogP contribution in [0.2, 0.25) is 0 Å². The molecule has 0 spiro atoms. The van der Waals surface area contributed by atoms with Gasteiger partial charge in [-0.1, -0.05) is 24.3 Å². The molecule has 40 heavy (non-hydrogen) atoms. The van der Waals surface area contributed by atoms with Crippen LogP contribution in [-0.2, 0) is 30.3 Å². The van der Waals surface area contributed by atoms with Crippen LogP contribution in [0.1, 0.15) is 16.7 Å². The average molecular weight is 548 g/mol. The van der Waals surface area contributed by atoms with E-state index in [4.69, 9.17) is 23.7 Å². The SMILES string of the molecule is COC(=O)C(Cc1ccc(Oc2ccc(/C(=C/c3cc(OC)cc(OC)c3)C(=O)N(C)C)cc2)cc1)C(=O)OC. The Bertz CT molecular complexity index is 1320. The average Bonchev–Trinajstić information content (AvgIpc) is 2.98. The number of likely N-dealkylation sites (N-methyl/N-ethyl adjacent to an activating group) is 1. The minimum Gasteiger partial charge on any atom is -0.497 e. The first-order valence-electron chi connectivity index (χ1n) is 12.4. The number of benzene rings is 3. The minimum atomic E-state index is -1.04. The van der Waals surface area contributed by atoms with Crippen LogP contribution in [0, 0.1) is 5.92 Å². The zero-order valence-electron chi connectivity index (χ0n) is 23.4. The molecule has 210 valence electrons. The summed E-state index contributed by atoms with van der Waals surface area (Å²) in [6.07, 6.45) is 1.93. The number of ether oxygens (including phenoxy) is 5. The summed E-state index contributed by atoms with van der Waals surface area (Å²) in [6, 6.07) is 19.6. The zero-order valence-corrected chi connectivity index (χ0v) is 23.4. The monoisotopic (exact) mass is 547 g/mol. The Labute approximate surface area is 233 Å². The van der Waals surface area contributed by atoms with E-state index in [-0.39, 0.29) is 12.3 Å². The fourth-order valence-corrected chi connectivity index (χ4v) is 3.90. The summed E-state index contributed by atoms with van der Waals surface area (Å²) in [7, 11) is 8.99. The molecule has 0 fully saturated rings. The fourth-order valence-electron chi connectivity index (χ4n) is 3.90. The molecule has 0 aliphatic heterocycles. The molecule has 9 nitrogen and oxygen atoms in total. The molecular formula is C31H33NO8. The largest absolute Gasteiger partial charge is 0.497 e. The molecule has 0 radical (unpaired) electrons. The standard InChI is InChI=1S/C31H33NO8/c1-32(2)29(33)27(18-21-15-25(36-3)19-26(16-21)37-4)22-9-13-24(14-10-22)40-23-11-7-20(8-12-23)17-28(30(34)38-5)31(35)39-6/h7-16,18-19,28H,17H2,1-6H3/b27-18-. The molecule has 0 aliphatic rings. The molecule has 0 unspecified atom stereocenters. The highest BCUT2D eigenvalue weighted by molar-refractivity contribution is 6.24. The first-order chi connectivity index (χ1) is 19.2. The van der Waals surface area contributed by atoms with Gasteiger partial charge in [0.05, 0.1) is 28.4 Å². The highest BCUT2D eigenvalue weighted by atomic mass is 16.5. The molecular weight excluding hydrogens is 514 g/mol. The number of rotatable bonds is 11. The Hall–Kier alpha value is -4.79. The van der Waals surface area contributed by atoms with E-state index in [0.717, 1.165) is 11.1 Å². The lowest BCUT2D eigenvalue weighted by Crippen LogP contribution is -2.28. The van der Waals surface area contributed by atoms with E-state index in [1.807, 2.05) is 24.3 Å². The predicted molar refractivity (Wildman–Crippen MR) is 150 cm³/mol. The highest BCUT2D eigenvalue weighted by Gasteiger charge is 2.28. The van der Waals surface area contributed by atoms with Crippen LogP contribution < -0.4 is 14.2 Å². The van der Waals surface area contributed by atoms with E-state index < -0.39 is 17.9 Å². The molecule has 0 atom stereocenters. The Morgan fingerprint density at radius 3 is 1.68 bits per heavy atom. The van der Waals surface area contributed by atoms with Gasteiger partial charge in [-0.05, 0) is 65.6 Å². The maximum Gasteiger partial charge on any atom is 0.320 e. The smallest absolute Gasteiger partial charge is 0.320 e. The maximum absolute atomic E-state index is 13.1. The van der Waals surface area contributed by atoms with E-state index in [1.54, 1.807) is 76.9 Å². The van der Waals surface area contributed by atoms with Crippen molar-refractivity contribution in [2.45, 2.75) is 6.42 Å². The number of nitrogens with zero attached hydrogens (tertiary/aromatic N) is 1. The lowest BCUT2D eigenvalue weighted by Gasteiger charge is -2.15. The summed E-state index contributed by atoms with van der Waals surface area (Å²) in [4.78, 5) is 38.5. The topological polar surface area (TPSA) is 101 Å². The third-order valence-corrected chi connectivity index (χ3v) is 6.06. The Morgan fingerprint density at radius 2 is 1.23 bits per heavy atom. The maximum atomic E-state index is 13.1. The number of hydrogen-bond acceptors (Lipinski definition) is 8. The van der Waals surface area contributed by atoms with E-state index >= 15 is 0 Å². The van der Waals surface area contributed by atoms with Gasteiger partial charge in [0.15, 0.2) is 5.92 Å². The van der Waals surface area contributed by atoms with Gasteiger partial charge >= 0.3 is 11.9 Å². The van der Waals surface area contributed by atoms with Crippen LogP contribution in [0.5, 0.6) is 23.0 Å². The molecule has 3 aromatic carbocycles.